The van der Waals surface area contributed by atoms with Crippen LogP contribution in [0.4, 0.5) is 5.82 Å². The van der Waals surface area contributed by atoms with Crippen molar-refractivity contribution in [1.29, 1.82) is 0 Å². The normalized spacial score (nSPS) is 10.5. The van der Waals surface area contributed by atoms with Crippen LogP contribution in [-0.4, -0.2) is 27.1 Å². The number of ether oxygens (including phenoxy) is 2. The second kappa shape index (κ2) is 8.81. The summed E-state index contributed by atoms with van der Waals surface area (Å²) in [5.41, 5.74) is 1.28. The average molecular weight is 381 g/mol. The molecule has 28 heavy (non-hydrogen) atoms. The molecule has 8 heteroatoms. The largest absolute Gasteiger partial charge is 0.488 e. The highest BCUT2D eigenvalue weighted by molar-refractivity contribution is 5.92. The summed E-state index contributed by atoms with van der Waals surface area (Å²) in [7, 11) is 0. The van der Waals surface area contributed by atoms with E-state index in [1.807, 2.05) is 30.3 Å². The minimum atomic E-state index is -0.552. The molecule has 0 saturated carbocycles. The van der Waals surface area contributed by atoms with Gasteiger partial charge in [-0.25, -0.2) is 14.3 Å². The molecular formula is C20H19N3O5. The van der Waals surface area contributed by atoms with Crippen LogP contribution in [0.25, 0.3) is 0 Å². The number of rotatable bonds is 8. The maximum Gasteiger partial charge on any atom is 0.342 e. The van der Waals surface area contributed by atoms with Crippen molar-refractivity contribution in [2.45, 2.75) is 20.1 Å². The molecule has 8 nitrogen and oxygen atoms in total. The van der Waals surface area contributed by atoms with Crippen molar-refractivity contribution in [1.82, 2.24) is 9.55 Å². The number of aromatic nitrogens is 2. The number of para-hydroxylation sites is 1. The van der Waals surface area contributed by atoms with Crippen LogP contribution in [0.3, 0.4) is 0 Å². The fourth-order valence-electron chi connectivity index (χ4n) is 2.68. The maximum absolute atomic E-state index is 12.4. The lowest BCUT2D eigenvalue weighted by atomic mass is 10.2. The van der Waals surface area contributed by atoms with E-state index in [0.717, 1.165) is 5.56 Å². The molecule has 2 aromatic carbocycles. The fourth-order valence-corrected chi connectivity index (χ4v) is 2.68. The molecule has 0 unspecified atom stereocenters. The highest BCUT2D eigenvalue weighted by Crippen LogP contribution is 2.21. The Morgan fingerprint density at radius 1 is 1.14 bits per heavy atom. The van der Waals surface area contributed by atoms with Crippen LogP contribution in [0.5, 0.6) is 5.75 Å². The summed E-state index contributed by atoms with van der Waals surface area (Å²) in [6, 6.07) is 16.4. The Bertz CT molecular complexity index is 969. The molecule has 144 valence electrons. The molecule has 3 rings (SSSR count). The summed E-state index contributed by atoms with van der Waals surface area (Å²) < 4.78 is 12.4. The molecule has 0 atom stereocenters. The van der Waals surface area contributed by atoms with Gasteiger partial charge in [0.05, 0.1) is 0 Å². The number of esters is 1. The van der Waals surface area contributed by atoms with Gasteiger partial charge in [0, 0.05) is 6.92 Å². The van der Waals surface area contributed by atoms with Crippen LogP contribution in [0.15, 0.2) is 60.8 Å². The number of carbonyl (C=O) groups is 1. The van der Waals surface area contributed by atoms with Gasteiger partial charge in [0.15, 0.2) is 5.82 Å². The maximum atomic E-state index is 12.4. The minimum Gasteiger partial charge on any atom is -0.488 e. The van der Waals surface area contributed by atoms with Crippen LogP contribution in [0.2, 0.25) is 0 Å². The van der Waals surface area contributed by atoms with E-state index in [1.54, 1.807) is 31.2 Å². The minimum absolute atomic E-state index is 0.0239. The molecule has 0 aliphatic carbocycles. The smallest absolute Gasteiger partial charge is 0.342 e. The number of imidazole rings is 1. The number of aryl methyl sites for hydroxylation is 1. The van der Waals surface area contributed by atoms with Gasteiger partial charge in [0.1, 0.15) is 37.3 Å². The zero-order chi connectivity index (χ0) is 19.9. The van der Waals surface area contributed by atoms with Crippen molar-refractivity contribution >= 4 is 11.8 Å². The first kappa shape index (κ1) is 19.1. The summed E-state index contributed by atoms with van der Waals surface area (Å²) in [6.45, 7) is 2.10. The quantitative estimate of drug-likeness (QED) is 0.336. The van der Waals surface area contributed by atoms with Crippen molar-refractivity contribution < 1.29 is 19.2 Å². The Balaban J connectivity index is 1.62. The van der Waals surface area contributed by atoms with Gasteiger partial charge in [-0.3, -0.25) is 0 Å². The topological polar surface area (TPSA) is 96.5 Å². The third-order valence-electron chi connectivity index (χ3n) is 4.11. The predicted molar refractivity (Wildman–Crippen MR) is 101 cm³/mol. The Labute approximate surface area is 161 Å². The molecule has 0 radical (unpaired) electrons. The number of nitro groups is 1. The fraction of sp³-hybridized carbons (Fsp3) is 0.200. The Hall–Kier alpha value is -3.68. The summed E-state index contributed by atoms with van der Waals surface area (Å²) in [5.74, 6) is 0.208. The van der Waals surface area contributed by atoms with Crippen LogP contribution in [-0.2, 0) is 17.9 Å². The van der Waals surface area contributed by atoms with Crippen molar-refractivity contribution in [2.24, 2.45) is 0 Å². The molecule has 3 aromatic rings. The number of carbonyl (C=O) groups excluding carboxylic acids is 1. The first-order chi connectivity index (χ1) is 13.6. The Morgan fingerprint density at radius 2 is 1.86 bits per heavy atom. The van der Waals surface area contributed by atoms with E-state index in [9.17, 15) is 14.9 Å². The molecule has 0 saturated heterocycles. The summed E-state index contributed by atoms with van der Waals surface area (Å²) in [6.07, 6.45) is 1.18. The highest BCUT2D eigenvalue weighted by Gasteiger charge is 2.19. The Kier molecular flexibility index (Phi) is 6.01. The Morgan fingerprint density at radius 3 is 2.61 bits per heavy atom. The monoisotopic (exact) mass is 381 g/mol. The van der Waals surface area contributed by atoms with Gasteiger partial charge < -0.3 is 19.6 Å². The third kappa shape index (κ3) is 4.53. The second-order valence-electron chi connectivity index (χ2n) is 5.98. The zero-order valence-electron chi connectivity index (χ0n) is 15.3. The lowest BCUT2D eigenvalue weighted by Gasteiger charge is -2.11. The SMILES string of the molecule is Cc1ncc([N+](=O)[O-])n1CCOC(=O)c1ccccc1OCc1ccccc1. The van der Waals surface area contributed by atoms with Gasteiger partial charge in [-0.1, -0.05) is 42.5 Å². The van der Waals surface area contributed by atoms with E-state index in [4.69, 9.17) is 9.47 Å². The average Bonchev–Trinajstić information content (AvgIpc) is 3.08. The van der Waals surface area contributed by atoms with Gasteiger partial charge in [-0.15, -0.1) is 0 Å². The molecule has 0 spiro atoms. The first-order valence-electron chi connectivity index (χ1n) is 8.65. The molecule has 0 fully saturated rings. The molecule has 1 heterocycles. The lowest BCUT2D eigenvalue weighted by molar-refractivity contribution is -0.392. The predicted octanol–water partition coefficient (Wildman–Crippen LogP) is 3.54. The van der Waals surface area contributed by atoms with Crippen molar-refractivity contribution in [2.75, 3.05) is 6.61 Å². The van der Waals surface area contributed by atoms with Gasteiger partial charge >= 0.3 is 11.8 Å². The number of hydrogen-bond donors (Lipinski definition) is 0. The molecule has 1 aromatic heterocycles. The van der Waals surface area contributed by atoms with E-state index in [-0.39, 0.29) is 19.0 Å². The number of benzene rings is 2. The molecule has 0 aliphatic rings. The molecule has 0 amide bonds. The van der Waals surface area contributed by atoms with E-state index in [0.29, 0.717) is 23.7 Å². The van der Waals surface area contributed by atoms with Gasteiger partial charge in [-0.2, -0.15) is 0 Å². The van der Waals surface area contributed by atoms with Crippen LogP contribution >= 0.6 is 0 Å². The van der Waals surface area contributed by atoms with Crippen molar-refractivity contribution in [3.8, 4) is 5.75 Å². The van der Waals surface area contributed by atoms with Crippen LogP contribution in [0.1, 0.15) is 21.7 Å². The summed E-state index contributed by atoms with van der Waals surface area (Å²) >= 11 is 0. The first-order valence-corrected chi connectivity index (χ1v) is 8.65. The second-order valence-corrected chi connectivity index (χ2v) is 5.98. The van der Waals surface area contributed by atoms with E-state index < -0.39 is 10.9 Å². The molecule has 0 N–H and O–H groups in total. The molecular weight excluding hydrogens is 362 g/mol. The molecule has 0 bridgehead atoms. The molecule has 0 aliphatic heterocycles. The lowest BCUT2D eigenvalue weighted by Crippen LogP contribution is -2.14. The van der Waals surface area contributed by atoms with E-state index in [2.05, 4.69) is 4.98 Å². The number of nitrogens with zero attached hydrogens (tertiary/aromatic N) is 3. The number of hydrogen-bond acceptors (Lipinski definition) is 6. The van der Waals surface area contributed by atoms with Gasteiger partial charge in [0.25, 0.3) is 0 Å². The summed E-state index contributed by atoms with van der Waals surface area (Å²) in [5, 5.41) is 11.0. The van der Waals surface area contributed by atoms with Crippen LogP contribution < -0.4 is 4.74 Å². The third-order valence-corrected chi connectivity index (χ3v) is 4.11. The van der Waals surface area contributed by atoms with Crippen molar-refractivity contribution in [3.63, 3.8) is 0 Å². The van der Waals surface area contributed by atoms with Crippen molar-refractivity contribution in [3.05, 3.63) is 87.9 Å². The van der Waals surface area contributed by atoms with Gasteiger partial charge in [0.2, 0.25) is 0 Å². The van der Waals surface area contributed by atoms with Crippen LogP contribution in [0, 0.1) is 17.0 Å². The summed E-state index contributed by atoms with van der Waals surface area (Å²) in [4.78, 5) is 26.9. The van der Waals surface area contributed by atoms with E-state index in [1.165, 1.54) is 10.8 Å². The zero-order valence-corrected chi connectivity index (χ0v) is 15.3. The standard InChI is InChI=1S/C20H19N3O5/c1-15-21-13-19(23(25)26)22(15)11-12-27-20(24)17-9-5-6-10-18(17)28-14-16-7-3-2-4-8-16/h2-10,13H,11-12,14H2,1H3. The highest BCUT2D eigenvalue weighted by atomic mass is 16.6. The van der Waals surface area contributed by atoms with Gasteiger partial charge in [-0.05, 0) is 22.6 Å². The van der Waals surface area contributed by atoms with E-state index >= 15 is 0 Å².